The smallest absolute Gasteiger partial charge is 0.252 e. The highest BCUT2D eigenvalue weighted by molar-refractivity contribution is 5.94. The van der Waals surface area contributed by atoms with E-state index in [1.807, 2.05) is 36.4 Å². The van der Waals surface area contributed by atoms with Crippen molar-refractivity contribution in [1.29, 1.82) is 0 Å². The highest BCUT2D eigenvalue weighted by atomic mass is 16.5. The van der Waals surface area contributed by atoms with Crippen LogP contribution in [-0.4, -0.2) is 50.8 Å². The Balaban J connectivity index is 1.48. The van der Waals surface area contributed by atoms with Crippen LogP contribution in [0, 0.1) is 0 Å². The zero-order valence-corrected chi connectivity index (χ0v) is 14.4. The second-order valence-electron chi connectivity index (χ2n) is 5.86. The quantitative estimate of drug-likeness (QED) is 0.869. The van der Waals surface area contributed by atoms with Crippen LogP contribution in [0.4, 0.5) is 5.82 Å². The third kappa shape index (κ3) is 4.70. The van der Waals surface area contributed by atoms with Crippen molar-refractivity contribution in [3.8, 4) is 5.75 Å². The number of hydrogen-bond acceptors (Lipinski definition) is 5. The molecule has 0 bridgehead atoms. The molecule has 1 aromatic carbocycles. The third-order valence-electron chi connectivity index (χ3n) is 4.20. The summed E-state index contributed by atoms with van der Waals surface area (Å²) in [5.74, 6) is 1.62. The molecular formula is C19H23N3O3. The topological polar surface area (TPSA) is 63.7 Å². The highest BCUT2D eigenvalue weighted by Crippen LogP contribution is 2.13. The van der Waals surface area contributed by atoms with Gasteiger partial charge in [0.25, 0.3) is 5.91 Å². The van der Waals surface area contributed by atoms with E-state index in [0.29, 0.717) is 12.1 Å². The number of pyridine rings is 1. The van der Waals surface area contributed by atoms with Gasteiger partial charge in [-0.15, -0.1) is 0 Å². The maximum absolute atomic E-state index is 12.2. The van der Waals surface area contributed by atoms with E-state index in [-0.39, 0.29) is 5.91 Å². The van der Waals surface area contributed by atoms with E-state index in [4.69, 9.17) is 9.47 Å². The summed E-state index contributed by atoms with van der Waals surface area (Å²) >= 11 is 0. The summed E-state index contributed by atoms with van der Waals surface area (Å²) in [6.07, 6.45) is 2.41. The van der Waals surface area contributed by atoms with Crippen LogP contribution >= 0.6 is 0 Å². The number of aromatic nitrogens is 1. The number of morpholine rings is 1. The van der Waals surface area contributed by atoms with Gasteiger partial charge in [0, 0.05) is 25.8 Å². The number of amides is 1. The molecule has 132 valence electrons. The van der Waals surface area contributed by atoms with E-state index in [0.717, 1.165) is 49.9 Å². The van der Waals surface area contributed by atoms with Gasteiger partial charge in [0.05, 0.1) is 25.9 Å². The number of carbonyl (C=O) groups excluding carboxylic acids is 1. The fraction of sp³-hybridized carbons (Fsp3) is 0.368. The van der Waals surface area contributed by atoms with Crippen LogP contribution in [-0.2, 0) is 11.2 Å². The first-order chi connectivity index (χ1) is 12.3. The summed E-state index contributed by atoms with van der Waals surface area (Å²) < 4.78 is 10.5. The fourth-order valence-corrected chi connectivity index (χ4v) is 2.71. The molecule has 1 aliphatic heterocycles. The lowest BCUT2D eigenvalue weighted by Crippen LogP contribution is -2.36. The minimum absolute atomic E-state index is 0.102. The monoisotopic (exact) mass is 341 g/mol. The number of benzene rings is 1. The van der Waals surface area contributed by atoms with Crippen molar-refractivity contribution in [2.75, 3.05) is 44.9 Å². The second-order valence-corrected chi connectivity index (χ2v) is 5.86. The maximum atomic E-state index is 12.2. The Morgan fingerprint density at radius 1 is 1.20 bits per heavy atom. The fourth-order valence-electron chi connectivity index (χ4n) is 2.71. The van der Waals surface area contributed by atoms with Crippen LogP contribution in [0.1, 0.15) is 15.9 Å². The van der Waals surface area contributed by atoms with Crippen molar-refractivity contribution >= 4 is 11.7 Å². The first-order valence-electron chi connectivity index (χ1n) is 8.46. The van der Waals surface area contributed by atoms with Gasteiger partial charge in [-0.3, -0.25) is 4.79 Å². The van der Waals surface area contributed by atoms with Crippen molar-refractivity contribution in [1.82, 2.24) is 10.3 Å². The molecule has 2 aromatic rings. The maximum Gasteiger partial charge on any atom is 0.252 e. The number of methoxy groups -OCH3 is 1. The SMILES string of the molecule is COc1ccc(CCNC(=O)c2ccc(N3CCOCC3)nc2)cc1. The van der Waals surface area contributed by atoms with Crippen LogP contribution in [0.2, 0.25) is 0 Å². The van der Waals surface area contributed by atoms with Gasteiger partial charge in [0.1, 0.15) is 11.6 Å². The molecule has 1 N–H and O–H groups in total. The van der Waals surface area contributed by atoms with Crippen molar-refractivity contribution in [3.63, 3.8) is 0 Å². The van der Waals surface area contributed by atoms with Crippen LogP contribution < -0.4 is 15.0 Å². The lowest BCUT2D eigenvalue weighted by molar-refractivity contribution is 0.0953. The van der Waals surface area contributed by atoms with E-state index < -0.39 is 0 Å². The molecule has 1 aromatic heterocycles. The molecule has 2 heterocycles. The lowest BCUT2D eigenvalue weighted by Gasteiger charge is -2.27. The Morgan fingerprint density at radius 3 is 2.60 bits per heavy atom. The van der Waals surface area contributed by atoms with Gasteiger partial charge >= 0.3 is 0 Å². The van der Waals surface area contributed by atoms with Gasteiger partial charge in [-0.2, -0.15) is 0 Å². The number of rotatable bonds is 6. The van der Waals surface area contributed by atoms with Crippen LogP contribution in [0.15, 0.2) is 42.6 Å². The van der Waals surface area contributed by atoms with E-state index in [1.54, 1.807) is 13.3 Å². The summed E-state index contributed by atoms with van der Waals surface area (Å²) in [6, 6.07) is 11.6. The first kappa shape index (κ1) is 17.2. The molecule has 1 amide bonds. The van der Waals surface area contributed by atoms with Crippen LogP contribution in [0.3, 0.4) is 0 Å². The van der Waals surface area contributed by atoms with Crippen molar-refractivity contribution in [2.24, 2.45) is 0 Å². The molecule has 1 fully saturated rings. The molecule has 25 heavy (non-hydrogen) atoms. The highest BCUT2D eigenvalue weighted by Gasteiger charge is 2.13. The van der Waals surface area contributed by atoms with E-state index in [1.165, 1.54) is 0 Å². The molecule has 6 nitrogen and oxygen atoms in total. The molecule has 0 spiro atoms. The van der Waals surface area contributed by atoms with E-state index in [9.17, 15) is 4.79 Å². The zero-order chi connectivity index (χ0) is 17.5. The molecular weight excluding hydrogens is 318 g/mol. The van der Waals surface area contributed by atoms with Gasteiger partial charge in [-0.25, -0.2) is 4.98 Å². The molecule has 1 aliphatic rings. The minimum Gasteiger partial charge on any atom is -0.497 e. The standard InChI is InChI=1S/C19H23N3O3/c1-24-17-5-2-15(3-6-17)8-9-20-19(23)16-4-7-18(21-14-16)22-10-12-25-13-11-22/h2-7,14H,8-13H2,1H3,(H,20,23). The van der Waals surface area contributed by atoms with Crippen molar-refractivity contribution in [3.05, 3.63) is 53.7 Å². The largest absolute Gasteiger partial charge is 0.497 e. The molecule has 6 heteroatoms. The van der Waals surface area contributed by atoms with Crippen molar-refractivity contribution < 1.29 is 14.3 Å². The summed E-state index contributed by atoms with van der Waals surface area (Å²) in [5, 5.41) is 2.93. The predicted molar refractivity (Wildman–Crippen MR) is 96.3 cm³/mol. The average molecular weight is 341 g/mol. The Morgan fingerprint density at radius 2 is 1.96 bits per heavy atom. The molecule has 0 unspecified atom stereocenters. The normalized spacial score (nSPS) is 14.2. The second kappa shape index (κ2) is 8.48. The van der Waals surface area contributed by atoms with Gasteiger partial charge in [-0.1, -0.05) is 12.1 Å². The number of anilines is 1. The summed E-state index contributed by atoms with van der Waals surface area (Å²) in [5.41, 5.74) is 1.73. The van der Waals surface area contributed by atoms with Crippen LogP contribution in [0.5, 0.6) is 5.75 Å². The summed E-state index contributed by atoms with van der Waals surface area (Å²) in [6.45, 7) is 3.68. The zero-order valence-electron chi connectivity index (χ0n) is 14.4. The molecule has 3 rings (SSSR count). The lowest BCUT2D eigenvalue weighted by atomic mass is 10.1. The van der Waals surface area contributed by atoms with Crippen molar-refractivity contribution in [2.45, 2.75) is 6.42 Å². The minimum atomic E-state index is -0.102. The van der Waals surface area contributed by atoms with E-state index >= 15 is 0 Å². The van der Waals surface area contributed by atoms with Gasteiger partial charge < -0.3 is 19.7 Å². The third-order valence-corrected chi connectivity index (χ3v) is 4.20. The van der Waals surface area contributed by atoms with Gasteiger partial charge in [0.15, 0.2) is 0 Å². The Bertz CT molecular complexity index is 680. The van der Waals surface area contributed by atoms with Gasteiger partial charge in [-0.05, 0) is 36.2 Å². The summed E-state index contributed by atoms with van der Waals surface area (Å²) in [7, 11) is 1.65. The first-order valence-corrected chi connectivity index (χ1v) is 8.46. The van der Waals surface area contributed by atoms with Gasteiger partial charge in [0.2, 0.25) is 0 Å². The van der Waals surface area contributed by atoms with Crippen LogP contribution in [0.25, 0.3) is 0 Å². The molecule has 1 saturated heterocycles. The van der Waals surface area contributed by atoms with E-state index in [2.05, 4.69) is 15.2 Å². The number of nitrogens with zero attached hydrogens (tertiary/aromatic N) is 2. The molecule has 0 aliphatic carbocycles. The number of hydrogen-bond donors (Lipinski definition) is 1. The Hall–Kier alpha value is -2.60. The number of nitrogens with one attached hydrogen (secondary N) is 1. The Kier molecular flexibility index (Phi) is 5.85. The Labute approximate surface area is 147 Å². The molecule has 0 atom stereocenters. The number of carbonyl (C=O) groups is 1. The molecule has 0 saturated carbocycles. The summed E-state index contributed by atoms with van der Waals surface area (Å²) in [4.78, 5) is 18.8. The average Bonchev–Trinajstić information content (AvgIpc) is 2.69. The molecule has 0 radical (unpaired) electrons. The predicted octanol–water partition coefficient (Wildman–Crippen LogP) is 1.90. The number of ether oxygens (including phenoxy) is 2.